The third-order valence-corrected chi connectivity index (χ3v) is 7.35. The topological polar surface area (TPSA) is 104 Å². The standard InChI is InChI=1S/C18H30N4/c1-7-8(2)12-6-11(7)13-4-9-3-10(5-14(12)13)16(18(21)22)15(9)17(19)20/h7-12,17-18H,3-6,19-22H2,1-2H3. The predicted octanol–water partition coefficient (Wildman–Crippen LogP) is 1.42. The number of rotatable bonds is 2. The number of hydrogen-bond acceptors (Lipinski definition) is 4. The second-order valence-corrected chi connectivity index (χ2v) is 8.22. The molecular weight excluding hydrogens is 272 g/mol. The van der Waals surface area contributed by atoms with Crippen LogP contribution < -0.4 is 22.9 Å². The van der Waals surface area contributed by atoms with Gasteiger partial charge in [0.15, 0.2) is 0 Å². The Morgan fingerprint density at radius 1 is 0.727 bits per heavy atom. The van der Waals surface area contributed by atoms with E-state index in [9.17, 15) is 0 Å². The molecule has 0 aromatic heterocycles. The summed E-state index contributed by atoms with van der Waals surface area (Å²) in [6.45, 7) is 4.88. The van der Waals surface area contributed by atoms with E-state index < -0.39 is 12.3 Å². The van der Waals surface area contributed by atoms with Crippen molar-refractivity contribution in [3.63, 3.8) is 0 Å². The molecule has 0 aliphatic heterocycles. The van der Waals surface area contributed by atoms with Gasteiger partial charge in [-0.25, -0.2) is 0 Å². The molecule has 4 aliphatic carbocycles. The Hall–Kier alpha value is -0.680. The Morgan fingerprint density at radius 2 is 1.14 bits per heavy atom. The minimum absolute atomic E-state index is 0.406. The van der Waals surface area contributed by atoms with Crippen molar-refractivity contribution in [1.82, 2.24) is 0 Å². The summed E-state index contributed by atoms with van der Waals surface area (Å²) in [6, 6.07) is 0. The molecule has 4 nitrogen and oxygen atoms in total. The van der Waals surface area contributed by atoms with Gasteiger partial charge in [0.25, 0.3) is 0 Å². The Labute approximate surface area is 133 Å². The lowest BCUT2D eigenvalue weighted by Crippen LogP contribution is -2.41. The van der Waals surface area contributed by atoms with Gasteiger partial charge in [-0.05, 0) is 72.3 Å². The Balaban J connectivity index is 1.72. The summed E-state index contributed by atoms with van der Waals surface area (Å²) in [5.41, 5.74) is 30.2. The first-order chi connectivity index (χ1) is 10.4. The molecule has 1 saturated carbocycles. The second-order valence-electron chi connectivity index (χ2n) is 8.22. The van der Waals surface area contributed by atoms with E-state index >= 15 is 0 Å². The van der Waals surface area contributed by atoms with Crippen molar-refractivity contribution < 1.29 is 0 Å². The van der Waals surface area contributed by atoms with Crippen LogP contribution in [0, 0.1) is 35.5 Å². The van der Waals surface area contributed by atoms with E-state index in [0.717, 1.165) is 42.9 Å². The van der Waals surface area contributed by atoms with Gasteiger partial charge in [0.2, 0.25) is 0 Å². The predicted molar refractivity (Wildman–Crippen MR) is 89.1 cm³/mol. The lowest BCUT2D eigenvalue weighted by Gasteiger charge is -2.33. The van der Waals surface area contributed by atoms with Crippen LogP contribution in [0.4, 0.5) is 0 Å². The molecule has 0 aromatic rings. The monoisotopic (exact) mass is 302 g/mol. The SMILES string of the molecule is CC1C2CC(C3=C2CC2CC(C3)C(C(N)N)=C2C(N)N)C1C. The first-order valence-electron chi connectivity index (χ1n) is 8.88. The fourth-order valence-electron chi connectivity index (χ4n) is 6.31. The summed E-state index contributed by atoms with van der Waals surface area (Å²) in [6.07, 6.45) is 4.02. The molecule has 4 heteroatoms. The van der Waals surface area contributed by atoms with Gasteiger partial charge in [-0.2, -0.15) is 0 Å². The van der Waals surface area contributed by atoms with E-state index in [0.29, 0.717) is 11.8 Å². The summed E-state index contributed by atoms with van der Waals surface area (Å²) in [5, 5.41) is 0. The van der Waals surface area contributed by atoms with Crippen molar-refractivity contribution in [3.05, 3.63) is 22.3 Å². The normalized spacial score (nSPS) is 43.6. The smallest absolute Gasteiger partial charge is 0.0750 e. The van der Waals surface area contributed by atoms with Gasteiger partial charge in [-0.3, -0.25) is 0 Å². The van der Waals surface area contributed by atoms with E-state index in [4.69, 9.17) is 22.9 Å². The molecule has 6 atom stereocenters. The van der Waals surface area contributed by atoms with Gasteiger partial charge < -0.3 is 22.9 Å². The second kappa shape index (κ2) is 4.91. The zero-order valence-corrected chi connectivity index (χ0v) is 13.8. The minimum atomic E-state index is -0.406. The molecule has 22 heavy (non-hydrogen) atoms. The fourth-order valence-corrected chi connectivity index (χ4v) is 6.31. The molecule has 0 heterocycles. The largest absolute Gasteiger partial charge is 0.313 e. The summed E-state index contributed by atoms with van der Waals surface area (Å²) >= 11 is 0. The quantitative estimate of drug-likeness (QED) is 0.457. The van der Waals surface area contributed by atoms with Crippen molar-refractivity contribution in [2.24, 2.45) is 58.4 Å². The van der Waals surface area contributed by atoms with Crippen molar-refractivity contribution >= 4 is 0 Å². The highest BCUT2D eigenvalue weighted by atomic mass is 14.9. The summed E-state index contributed by atoms with van der Waals surface area (Å²) in [7, 11) is 0. The zero-order valence-electron chi connectivity index (χ0n) is 13.8. The van der Waals surface area contributed by atoms with Crippen LogP contribution in [0.25, 0.3) is 0 Å². The van der Waals surface area contributed by atoms with Crippen LogP contribution in [0.1, 0.15) is 39.5 Å². The lowest BCUT2D eigenvalue weighted by molar-refractivity contribution is 0.331. The molecule has 0 saturated heterocycles. The average molecular weight is 302 g/mol. The van der Waals surface area contributed by atoms with Crippen LogP contribution in [0.15, 0.2) is 22.3 Å². The number of nitrogens with two attached hydrogens (primary N) is 4. The lowest BCUT2D eigenvalue weighted by atomic mass is 9.73. The van der Waals surface area contributed by atoms with Crippen molar-refractivity contribution in [2.75, 3.05) is 0 Å². The van der Waals surface area contributed by atoms with Crippen LogP contribution >= 0.6 is 0 Å². The Kier molecular flexibility index (Phi) is 3.32. The maximum absolute atomic E-state index is 6.09. The first-order valence-corrected chi connectivity index (χ1v) is 8.88. The van der Waals surface area contributed by atoms with E-state index in [1.54, 1.807) is 11.1 Å². The van der Waals surface area contributed by atoms with Gasteiger partial charge >= 0.3 is 0 Å². The van der Waals surface area contributed by atoms with Gasteiger partial charge in [0.1, 0.15) is 0 Å². The maximum atomic E-state index is 6.09. The zero-order chi connectivity index (χ0) is 15.8. The van der Waals surface area contributed by atoms with E-state index in [1.807, 2.05) is 0 Å². The molecule has 122 valence electrons. The third kappa shape index (κ3) is 1.84. The minimum Gasteiger partial charge on any atom is -0.313 e. The number of allylic oxidation sites excluding steroid dienone is 2. The molecule has 4 bridgehead atoms. The molecule has 4 rings (SSSR count). The van der Waals surface area contributed by atoms with Crippen molar-refractivity contribution in [1.29, 1.82) is 0 Å². The average Bonchev–Trinajstić information content (AvgIpc) is 2.99. The van der Waals surface area contributed by atoms with Gasteiger partial charge in [-0.1, -0.05) is 25.0 Å². The molecule has 8 N–H and O–H groups in total. The first kappa shape index (κ1) is 14.9. The highest BCUT2D eigenvalue weighted by Crippen LogP contribution is 2.61. The molecule has 0 aromatic carbocycles. The third-order valence-electron chi connectivity index (χ3n) is 7.35. The van der Waals surface area contributed by atoms with E-state index in [2.05, 4.69) is 13.8 Å². The van der Waals surface area contributed by atoms with Crippen molar-refractivity contribution in [3.8, 4) is 0 Å². The van der Waals surface area contributed by atoms with Crippen molar-refractivity contribution in [2.45, 2.75) is 51.9 Å². The fraction of sp³-hybridized carbons (Fsp3) is 0.778. The maximum Gasteiger partial charge on any atom is 0.0750 e. The number of hydrogen-bond donors (Lipinski definition) is 4. The van der Waals surface area contributed by atoms with Crippen LogP contribution in [0.2, 0.25) is 0 Å². The molecule has 1 fully saturated rings. The van der Waals surface area contributed by atoms with E-state index in [-0.39, 0.29) is 0 Å². The molecule has 6 unspecified atom stereocenters. The van der Waals surface area contributed by atoms with E-state index in [1.165, 1.54) is 17.6 Å². The van der Waals surface area contributed by atoms with Gasteiger partial charge in [0, 0.05) is 0 Å². The van der Waals surface area contributed by atoms with Crippen LogP contribution in [-0.4, -0.2) is 12.3 Å². The summed E-state index contributed by atoms with van der Waals surface area (Å²) in [4.78, 5) is 0. The van der Waals surface area contributed by atoms with Gasteiger partial charge in [-0.15, -0.1) is 0 Å². The molecule has 0 radical (unpaired) electrons. The molecule has 0 amide bonds. The van der Waals surface area contributed by atoms with Crippen LogP contribution in [0.5, 0.6) is 0 Å². The molecular formula is C18H30N4. The Morgan fingerprint density at radius 3 is 1.50 bits per heavy atom. The Bertz CT molecular complexity index is 513. The summed E-state index contributed by atoms with van der Waals surface area (Å²) < 4.78 is 0. The summed E-state index contributed by atoms with van der Waals surface area (Å²) in [5.74, 6) is 4.22. The highest BCUT2D eigenvalue weighted by Gasteiger charge is 2.51. The van der Waals surface area contributed by atoms with Crippen LogP contribution in [-0.2, 0) is 0 Å². The van der Waals surface area contributed by atoms with Gasteiger partial charge in [0.05, 0.1) is 12.3 Å². The number of fused-ring (bicyclic) bond motifs is 6. The van der Waals surface area contributed by atoms with Crippen LogP contribution in [0.3, 0.4) is 0 Å². The molecule has 0 spiro atoms. The molecule has 4 aliphatic rings. The highest BCUT2D eigenvalue weighted by molar-refractivity contribution is 5.42.